The normalized spacial score (nSPS) is 11.9. The van der Waals surface area contributed by atoms with Crippen LogP contribution in [0.3, 0.4) is 0 Å². The Kier molecular flexibility index (Phi) is 4.25. The predicted molar refractivity (Wildman–Crippen MR) is 78.1 cm³/mol. The molecule has 0 fully saturated rings. The molecule has 2 aromatic rings. The van der Waals surface area contributed by atoms with Gasteiger partial charge in [0.05, 0.1) is 5.02 Å². The number of benzene rings is 2. The summed E-state index contributed by atoms with van der Waals surface area (Å²) in [5, 5.41) is 2.99. The van der Waals surface area contributed by atoms with Crippen LogP contribution in [0.1, 0.15) is 17.2 Å². The first kappa shape index (κ1) is 14.3. The zero-order valence-corrected chi connectivity index (χ0v) is 11.6. The molecular weight excluding hydrogens is 279 g/mol. The maximum Gasteiger partial charge on any atom is 0.244 e. The van der Waals surface area contributed by atoms with Crippen molar-refractivity contribution in [2.45, 2.75) is 13.0 Å². The van der Waals surface area contributed by atoms with E-state index in [2.05, 4.69) is 5.32 Å². The second kappa shape index (κ2) is 5.92. The highest BCUT2D eigenvalue weighted by molar-refractivity contribution is 6.30. The third kappa shape index (κ3) is 3.27. The van der Waals surface area contributed by atoms with Gasteiger partial charge in [-0.05, 0) is 36.8 Å². The van der Waals surface area contributed by atoms with Crippen molar-refractivity contribution >= 4 is 23.2 Å². The van der Waals surface area contributed by atoms with Crippen LogP contribution in [0.15, 0.2) is 42.5 Å². The van der Waals surface area contributed by atoms with Crippen molar-refractivity contribution in [2.75, 3.05) is 5.32 Å². The largest absolute Gasteiger partial charge is 0.370 e. The van der Waals surface area contributed by atoms with Crippen LogP contribution in [0.5, 0.6) is 0 Å². The van der Waals surface area contributed by atoms with Gasteiger partial charge in [0, 0.05) is 5.69 Å². The van der Waals surface area contributed by atoms with E-state index in [4.69, 9.17) is 17.3 Å². The lowest BCUT2D eigenvalue weighted by Crippen LogP contribution is -2.27. The van der Waals surface area contributed by atoms with Gasteiger partial charge in [-0.25, -0.2) is 4.39 Å². The van der Waals surface area contributed by atoms with Crippen LogP contribution >= 0.6 is 11.6 Å². The van der Waals surface area contributed by atoms with Crippen molar-refractivity contribution < 1.29 is 9.18 Å². The van der Waals surface area contributed by atoms with Gasteiger partial charge in [0.15, 0.2) is 0 Å². The number of halogens is 2. The van der Waals surface area contributed by atoms with Gasteiger partial charge in [-0.3, -0.25) is 4.79 Å². The fourth-order valence-corrected chi connectivity index (χ4v) is 1.94. The third-order valence-electron chi connectivity index (χ3n) is 2.92. The van der Waals surface area contributed by atoms with Crippen LogP contribution < -0.4 is 11.1 Å². The molecule has 5 heteroatoms. The number of nitrogens with one attached hydrogen (secondary N) is 1. The monoisotopic (exact) mass is 292 g/mol. The van der Waals surface area contributed by atoms with Gasteiger partial charge in [0.2, 0.25) is 5.91 Å². The molecule has 3 N–H and O–H groups in total. The molecule has 0 saturated heterocycles. The van der Waals surface area contributed by atoms with E-state index in [9.17, 15) is 9.18 Å². The van der Waals surface area contributed by atoms with Gasteiger partial charge in [-0.2, -0.15) is 0 Å². The maximum atomic E-state index is 13.5. The molecule has 0 aliphatic rings. The highest BCUT2D eigenvalue weighted by atomic mass is 35.5. The summed E-state index contributed by atoms with van der Waals surface area (Å²) in [5.41, 5.74) is 7.64. The van der Waals surface area contributed by atoms with E-state index < -0.39 is 17.8 Å². The standard InChI is InChI=1S/C15H14ClFN2O/c1-9-2-5-11(6-3-9)19-14(15(18)20)10-4-7-12(16)13(17)8-10/h2-8,14,19H,1H3,(H2,18,20). The number of hydrogen-bond acceptors (Lipinski definition) is 2. The number of nitrogens with two attached hydrogens (primary N) is 1. The molecule has 0 spiro atoms. The van der Waals surface area contributed by atoms with E-state index >= 15 is 0 Å². The molecular formula is C15H14ClFN2O. The van der Waals surface area contributed by atoms with Crippen LogP contribution in [0, 0.1) is 12.7 Å². The first-order chi connectivity index (χ1) is 9.47. The van der Waals surface area contributed by atoms with E-state index in [0.717, 1.165) is 11.3 Å². The predicted octanol–water partition coefficient (Wildman–Crippen LogP) is 3.43. The van der Waals surface area contributed by atoms with Crippen LogP contribution in [0.25, 0.3) is 0 Å². The zero-order valence-electron chi connectivity index (χ0n) is 10.9. The third-order valence-corrected chi connectivity index (χ3v) is 3.23. The summed E-state index contributed by atoms with van der Waals surface area (Å²) >= 11 is 5.63. The first-order valence-corrected chi connectivity index (χ1v) is 6.42. The lowest BCUT2D eigenvalue weighted by Gasteiger charge is -2.17. The van der Waals surface area contributed by atoms with Gasteiger partial charge in [-0.15, -0.1) is 0 Å². The second-order valence-electron chi connectivity index (χ2n) is 4.52. The lowest BCUT2D eigenvalue weighted by atomic mass is 10.1. The summed E-state index contributed by atoms with van der Waals surface area (Å²) in [7, 11) is 0. The Morgan fingerprint density at radius 2 is 1.90 bits per heavy atom. The smallest absolute Gasteiger partial charge is 0.244 e. The Balaban J connectivity index is 2.29. The van der Waals surface area contributed by atoms with Crippen molar-refractivity contribution in [1.29, 1.82) is 0 Å². The molecule has 1 amide bonds. The molecule has 0 radical (unpaired) electrons. The fourth-order valence-electron chi connectivity index (χ4n) is 1.83. The maximum absolute atomic E-state index is 13.5. The Morgan fingerprint density at radius 1 is 1.25 bits per heavy atom. The molecule has 1 atom stereocenters. The average Bonchev–Trinajstić information content (AvgIpc) is 2.41. The number of primary amides is 1. The van der Waals surface area contributed by atoms with Gasteiger partial charge in [0.1, 0.15) is 11.9 Å². The molecule has 3 nitrogen and oxygen atoms in total. The molecule has 0 bridgehead atoms. The average molecular weight is 293 g/mol. The van der Waals surface area contributed by atoms with Crippen LogP contribution in [0.2, 0.25) is 5.02 Å². The molecule has 0 saturated carbocycles. The highest BCUT2D eigenvalue weighted by Gasteiger charge is 2.18. The fraction of sp³-hybridized carbons (Fsp3) is 0.133. The van der Waals surface area contributed by atoms with Gasteiger partial charge in [-0.1, -0.05) is 35.4 Å². The quantitative estimate of drug-likeness (QED) is 0.907. The van der Waals surface area contributed by atoms with Gasteiger partial charge < -0.3 is 11.1 Å². The highest BCUT2D eigenvalue weighted by Crippen LogP contribution is 2.23. The van der Waals surface area contributed by atoms with Crippen molar-refractivity contribution in [3.63, 3.8) is 0 Å². The Hall–Kier alpha value is -2.07. The summed E-state index contributed by atoms with van der Waals surface area (Å²) in [6.07, 6.45) is 0. The van der Waals surface area contributed by atoms with Crippen LogP contribution in [0.4, 0.5) is 10.1 Å². The lowest BCUT2D eigenvalue weighted by molar-refractivity contribution is -0.118. The number of amides is 1. The van der Waals surface area contributed by atoms with Gasteiger partial charge >= 0.3 is 0 Å². The number of anilines is 1. The molecule has 20 heavy (non-hydrogen) atoms. The number of aryl methyl sites for hydroxylation is 1. The molecule has 0 aliphatic carbocycles. The van der Waals surface area contributed by atoms with E-state index in [1.165, 1.54) is 12.1 Å². The molecule has 2 aromatic carbocycles. The zero-order chi connectivity index (χ0) is 14.7. The molecule has 1 unspecified atom stereocenters. The summed E-state index contributed by atoms with van der Waals surface area (Å²) < 4.78 is 13.5. The van der Waals surface area contributed by atoms with Crippen molar-refractivity contribution in [3.8, 4) is 0 Å². The number of carbonyl (C=O) groups excluding carboxylic acids is 1. The van der Waals surface area contributed by atoms with Crippen molar-refractivity contribution in [1.82, 2.24) is 0 Å². The number of rotatable bonds is 4. The van der Waals surface area contributed by atoms with Gasteiger partial charge in [0.25, 0.3) is 0 Å². The summed E-state index contributed by atoms with van der Waals surface area (Å²) in [5.74, 6) is -1.17. The molecule has 0 aliphatic heterocycles. The Bertz CT molecular complexity index is 628. The van der Waals surface area contributed by atoms with E-state index in [0.29, 0.717) is 5.56 Å². The SMILES string of the molecule is Cc1ccc(NC(C(N)=O)c2ccc(Cl)c(F)c2)cc1. The minimum atomic E-state index is -0.815. The van der Waals surface area contributed by atoms with E-state index in [-0.39, 0.29) is 5.02 Å². The molecule has 0 heterocycles. The van der Waals surface area contributed by atoms with Crippen molar-refractivity contribution in [2.24, 2.45) is 5.73 Å². The Morgan fingerprint density at radius 3 is 2.45 bits per heavy atom. The minimum Gasteiger partial charge on any atom is -0.370 e. The summed E-state index contributed by atoms with van der Waals surface area (Å²) in [6, 6.07) is 10.8. The topological polar surface area (TPSA) is 55.1 Å². The van der Waals surface area contributed by atoms with E-state index in [1.54, 1.807) is 6.07 Å². The summed E-state index contributed by atoms with van der Waals surface area (Å²) in [6.45, 7) is 1.96. The van der Waals surface area contributed by atoms with Crippen LogP contribution in [-0.2, 0) is 4.79 Å². The molecule has 2 rings (SSSR count). The number of carbonyl (C=O) groups is 1. The van der Waals surface area contributed by atoms with Crippen LogP contribution in [-0.4, -0.2) is 5.91 Å². The van der Waals surface area contributed by atoms with Crippen molar-refractivity contribution in [3.05, 3.63) is 64.4 Å². The second-order valence-corrected chi connectivity index (χ2v) is 4.93. The molecule has 0 aromatic heterocycles. The number of hydrogen-bond donors (Lipinski definition) is 2. The van der Waals surface area contributed by atoms with E-state index in [1.807, 2.05) is 31.2 Å². The minimum absolute atomic E-state index is 0.00677. The first-order valence-electron chi connectivity index (χ1n) is 6.05. The Labute approximate surface area is 121 Å². The molecule has 104 valence electrons. The summed E-state index contributed by atoms with van der Waals surface area (Å²) in [4.78, 5) is 11.6.